The molecule has 178 valence electrons. The number of hydrogen-bond acceptors (Lipinski definition) is 7. The van der Waals surface area contributed by atoms with Gasteiger partial charge in [-0.15, -0.1) is 23.1 Å². The average Bonchev–Trinajstić information content (AvgIpc) is 3.41. The van der Waals surface area contributed by atoms with E-state index in [1.54, 1.807) is 36.5 Å². The Morgan fingerprint density at radius 2 is 1.57 bits per heavy atom. The zero-order valence-corrected chi connectivity index (χ0v) is 20.7. The standard InChI is InChI=1S/C26H23N3O4S2/c1-32-20-9-6-10-21(33-2)22(20)24(30)28-18-11-13-19(14-12-18)35-23(17-7-4-3-5-8-17)25(31)29-26-27-15-16-34-26/h3-16,23H,1-2H3,(H,28,30)(H,27,29,31). The van der Waals surface area contributed by atoms with Crippen LogP contribution in [-0.4, -0.2) is 31.0 Å². The molecule has 1 atom stereocenters. The van der Waals surface area contributed by atoms with Crippen LogP contribution in [0.25, 0.3) is 0 Å². The largest absolute Gasteiger partial charge is 0.496 e. The number of benzene rings is 3. The van der Waals surface area contributed by atoms with Gasteiger partial charge in [-0.3, -0.25) is 9.59 Å². The summed E-state index contributed by atoms with van der Waals surface area (Å²) >= 11 is 2.79. The van der Waals surface area contributed by atoms with E-state index in [-0.39, 0.29) is 11.8 Å². The molecule has 0 bridgehead atoms. The van der Waals surface area contributed by atoms with E-state index < -0.39 is 5.25 Å². The molecule has 7 nitrogen and oxygen atoms in total. The Morgan fingerprint density at radius 3 is 2.17 bits per heavy atom. The second-order valence-electron chi connectivity index (χ2n) is 7.25. The molecular formula is C26H23N3O4S2. The predicted octanol–water partition coefficient (Wildman–Crippen LogP) is 5.88. The Bertz CT molecular complexity index is 1260. The van der Waals surface area contributed by atoms with Gasteiger partial charge in [0.2, 0.25) is 5.91 Å². The van der Waals surface area contributed by atoms with Gasteiger partial charge in [0.1, 0.15) is 22.3 Å². The van der Waals surface area contributed by atoms with Gasteiger partial charge in [0, 0.05) is 22.2 Å². The van der Waals surface area contributed by atoms with Crippen LogP contribution in [0.3, 0.4) is 0 Å². The highest BCUT2D eigenvalue weighted by atomic mass is 32.2. The Morgan fingerprint density at radius 1 is 0.886 bits per heavy atom. The van der Waals surface area contributed by atoms with Gasteiger partial charge in [-0.2, -0.15) is 0 Å². The Balaban J connectivity index is 1.50. The molecule has 4 rings (SSSR count). The number of carbonyl (C=O) groups excluding carboxylic acids is 2. The minimum Gasteiger partial charge on any atom is -0.496 e. The lowest BCUT2D eigenvalue weighted by molar-refractivity contribution is -0.115. The summed E-state index contributed by atoms with van der Waals surface area (Å²) in [6.07, 6.45) is 1.65. The third-order valence-electron chi connectivity index (χ3n) is 5.02. The van der Waals surface area contributed by atoms with Crippen molar-refractivity contribution in [2.24, 2.45) is 0 Å². The molecule has 0 aliphatic carbocycles. The van der Waals surface area contributed by atoms with E-state index >= 15 is 0 Å². The van der Waals surface area contributed by atoms with Crippen molar-refractivity contribution in [1.82, 2.24) is 4.98 Å². The van der Waals surface area contributed by atoms with E-state index in [1.807, 2.05) is 47.8 Å². The van der Waals surface area contributed by atoms with Crippen molar-refractivity contribution in [3.63, 3.8) is 0 Å². The number of hydrogen-bond donors (Lipinski definition) is 2. The smallest absolute Gasteiger partial charge is 0.263 e. The van der Waals surface area contributed by atoms with Crippen molar-refractivity contribution in [2.45, 2.75) is 10.1 Å². The lowest BCUT2D eigenvalue weighted by Crippen LogP contribution is -2.18. The number of nitrogens with one attached hydrogen (secondary N) is 2. The molecule has 0 aliphatic rings. The number of thiazole rings is 1. The molecule has 0 aliphatic heterocycles. The number of nitrogens with zero attached hydrogens (tertiary/aromatic N) is 1. The monoisotopic (exact) mass is 505 g/mol. The zero-order valence-electron chi connectivity index (χ0n) is 19.1. The topological polar surface area (TPSA) is 89.5 Å². The number of aromatic nitrogens is 1. The lowest BCUT2D eigenvalue weighted by atomic mass is 10.1. The van der Waals surface area contributed by atoms with Crippen molar-refractivity contribution in [3.05, 3.63) is 95.5 Å². The fraction of sp³-hybridized carbons (Fsp3) is 0.115. The SMILES string of the molecule is COc1cccc(OC)c1C(=O)Nc1ccc(SC(C(=O)Nc2nccs2)c2ccccc2)cc1. The molecule has 4 aromatic rings. The average molecular weight is 506 g/mol. The molecule has 0 radical (unpaired) electrons. The van der Waals surface area contributed by atoms with Gasteiger partial charge in [-0.25, -0.2) is 4.98 Å². The number of carbonyl (C=O) groups is 2. The second kappa shape index (κ2) is 11.5. The first-order valence-corrected chi connectivity index (χ1v) is 12.4. The fourth-order valence-corrected chi connectivity index (χ4v) is 4.93. The molecule has 35 heavy (non-hydrogen) atoms. The van der Waals surface area contributed by atoms with Gasteiger partial charge in [0.05, 0.1) is 14.2 Å². The molecule has 1 unspecified atom stereocenters. The number of rotatable bonds is 9. The van der Waals surface area contributed by atoms with Crippen LogP contribution in [0.4, 0.5) is 10.8 Å². The highest BCUT2D eigenvalue weighted by molar-refractivity contribution is 8.00. The summed E-state index contributed by atoms with van der Waals surface area (Å²) in [6.45, 7) is 0. The number of methoxy groups -OCH3 is 2. The summed E-state index contributed by atoms with van der Waals surface area (Å²) in [5, 5.41) is 7.66. The highest BCUT2D eigenvalue weighted by Crippen LogP contribution is 2.37. The van der Waals surface area contributed by atoms with Crippen LogP contribution in [0.2, 0.25) is 0 Å². The van der Waals surface area contributed by atoms with Gasteiger partial charge < -0.3 is 20.1 Å². The zero-order chi connectivity index (χ0) is 24.6. The first kappa shape index (κ1) is 24.3. The second-order valence-corrected chi connectivity index (χ2v) is 9.32. The van der Waals surface area contributed by atoms with Gasteiger partial charge in [-0.1, -0.05) is 36.4 Å². The summed E-state index contributed by atoms with van der Waals surface area (Å²) < 4.78 is 10.7. The van der Waals surface area contributed by atoms with Crippen LogP contribution in [0, 0.1) is 0 Å². The fourth-order valence-electron chi connectivity index (χ4n) is 3.38. The molecule has 0 saturated heterocycles. The lowest BCUT2D eigenvalue weighted by Gasteiger charge is -2.17. The number of thioether (sulfide) groups is 1. The Hall–Kier alpha value is -3.82. The first-order valence-electron chi connectivity index (χ1n) is 10.6. The third-order valence-corrected chi connectivity index (χ3v) is 6.98. The van der Waals surface area contributed by atoms with Crippen LogP contribution >= 0.6 is 23.1 Å². The maximum atomic E-state index is 13.1. The minimum atomic E-state index is -0.474. The van der Waals surface area contributed by atoms with E-state index in [2.05, 4.69) is 15.6 Å². The van der Waals surface area contributed by atoms with E-state index in [1.165, 1.54) is 37.3 Å². The quantitative estimate of drug-likeness (QED) is 0.276. The van der Waals surface area contributed by atoms with Crippen molar-refractivity contribution in [3.8, 4) is 11.5 Å². The van der Waals surface area contributed by atoms with E-state index in [0.29, 0.717) is 27.9 Å². The van der Waals surface area contributed by atoms with Gasteiger partial charge in [0.25, 0.3) is 5.91 Å². The molecule has 0 spiro atoms. The molecule has 2 amide bonds. The van der Waals surface area contributed by atoms with Crippen LogP contribution in [0.15, 0.2) is 89.3 Å². The first-order chi connectivity index (χ1) is 17.1. The Kier molecular flexibility index (Phi) is 8.02. The summed E-state index contributed by atoms with van der Waals surface area (Å²) in [5.74, 6) is 0.346. The molecule has 0 saturated carbocycles. The van der Waals surface area contributed by atoms with E-state index in [4.69, 9.17) is 9.47 Å². The maximum Gasteiger partial charge on any atom is 0.263 e. The molecular weight excluding hydrogens is 482 g/mol. The van der Waals surface area contributed by atoms with Crippen LogP contribution in [0.5, 0.6) is 11.5 Å². The van der Waals surface area contributed by atoms with Crippen molar-refractivity contribution >= 4 is 45.7 Å². The molecule has 3 aromatic carbocycles. The number of anilines is 2. The van der Waals surface area contributed by atoms with Crippen LogP contribution < -0.4 is 20.1 Å². The van der Waals surface area contributed by atoms with Gasteiger partial charge >= 0.3 is 0 Å². The molecule has 2 N–H and O–H groups in total. The summed E-state index contributed by atoms with van der Waals surface area (Å²) in [7, 11) is 3.01. The van der Waals surface area contributed by atoms with Crippen molar-refractivity contribution in [1.29, 1.82) is 0 Å². The van der Waals surface area contributed by atoms with Crippen molar-refractivity contribution < 1.29 is 19.1 Å². The third kappa shape index (κ3) is 6.00. The molecule has 9 heteroatoms. The normalized spacial score (nSPS) is 11.4. The van der Waals surface area contributed by atoms with E-state index in [9.17, 15) is 9.59 Å². The summed E-state index contributed by atoms with van der Waals surface area (Å²) in [4.78, 5) is 31.0. The van der Waals surface area contributed by atoms with Crippen LogP contribution in [0.1, 0.15) is 21.2 Å². The van der Waals surface area contributed by atoms with Crippen LogP contribution in [-0.2, 0) is 4.79 Å². The maximum absolute atomic E-state index is 13.1. The number of amides is 2. The number of ether oxygens (including phenoxy) is 2. The minimum absolute atomic E-state index is 0.156. The molecule has 1 aromatic heterocycles. The highest BCUT2D eigenvalue weighted by Gasteiger charge is 2.23. The predicted molar refractivity (Wildman–Crippen MR) is 140 cm³/mol. The molecule has 1 heterocycles. The molecule has 0 fully saturated rings. The van der Waals surface area contributed by atoms with Crippen molar-refractivity contribution in [2.75, 3.05) is 24.9 Å². The van der Waals surface area contributed by atoms with Gasteiger partial charge in [0.15, 0.2) is 5.13 Å². The summed E-state index contributed by atoms with van der Waals surface area (Å²) in [6, 6.07) is 22.1. The summed E-state index contributed by atoms with van der Waals surface area (Å²) in [5.41, 5.74) is 1.81. The van der Waals surface area contributed by atoms with E-state index in [0.717, 1.165) is 10.5 Å². The van der Waals surface area contributed by atoms with Gasteiger partial charge in [-0.05, 0) is 42.0 Å². The Labute approximate surface area is 211 Å².